The molecule has 0 radical (unpaired) electrons. The molecule has 0 spiro atoms. The molecule has 0 N–H and O–H groups in total. The predicted molar refractivity (Wildman–Crippen MR) is 123 cm³/mol. The number of hydrogen-bond donors (Lipinski definition) is 0. The lowest BCUT2D eigenvalue weighted by Gasteiger charge is -2.11. The van der Waals surface area contributed by atoms with E-state index in [9.17, 15) is 4.79 Å². The zero-order valence-electron chi connectivity index (χ0n) is 19.0. The van der Waals surface area contributed by atoms with Gasteiger partial charge < -0.3 is 9.47 Å². The number of nitrogens with zero attached hydrogens (tertiary/aromatic N) is 2. The van der Waals surface area contributed by atoms with Crippen LogP contribution in [0.4, 0.5) is 0 Å². The number of cyclic esters (lactones) is 1. The topological polar surface area (TPSA) is 61.3 Å². The van der Waals surface area contributed by atoms with Crippen molar-refractivity contribution in [1.82, 2.24) is 9.97 Å². The van der Waals surface area contributed by atoms with Gasteiger partial charge in [-0.2, -0.15) is 0 Å². The maximum absolute atomic E-state index is 11.8. The zero-order chi connectivity index (χ0) is 21.9. The number of esters is 1. The molecule has 1 aliphatic heterocycles. The lowest BCUT2D eigenvalue weighted by Crippen LogP contribution is -2.17. The van der Waals surface area contributed by atoms with Crippen molar-refractivity contribution in [3.8, 4) is 17.1 Å². The van der Waals surface area contributed by atoms with Gasteiger partial charge in [-0.25, -0.2) is 9.97 Å². The van der Waals surface area contributed by atoms with Gasteiger partial charge >= 0.3 is 5.97 Å². The van der Waals surface area contributed by atoms with Crippen molar-refractivity contribution in [2.75, 3.05) is 6.61 Å². The fourth-order valence-corrected chi connectivity index (χ4v) is 4.04. The van der Waals surface area contributed by atoms with Crippen LogP contribution in [-0.2, 0) is 16.0 Å². The van der Waals surface area contributed by atoms with Crippen LogP contribution in [0.5, 0.6) is 5.75 Å². The number of carbonyl (C=O) groups excluding carboxylic acids is 1. The molecule has 3 rings (SSSR count). The van der Waals surface area contributed by atoms with Crippen LogP contribution < -0.4 is 4.74 Å². The minimum Gasteiger partial charge on any atom is -0.490 e. The third kappa shape index (κ3) is 7.34. The summed E-state index contributed by atoms with van der Waals surface area (Å²) in [7, 11) is 0. The van der Waals surface area contributed by atoms with Crippen molar-refractivity contribution in [1.29, 1.82) is 0 Å². The van der Waals surface area contributed by atoms with E-state index in [2.05, 4.69) is 23.8 Å². The average molecular weight is 425 g/mol. The molecule has 0 saturated carbocycles. The van der Waals surface area contributed by atoms with E-state index < -0.39 is 0 Å². The standard InChI is InChI=1S/C26H36N2O3/c1-3-5-6-7-8-9-11-20-17-27-25(28-18-20)21-12-14-23(15-13-21)30-19-24-16-22(10-4-2)26(29)31-24/h12-15,17-18,22,24H,3-11,16,19H2,1-2H3/t22-,24-/m0/s1. The maximum atomic E-state index is 11.8. The largest absolute Gasteiger partial charge is 0.490 e. The Balaban J connectivity index is 1.43. The molecule has 1 aromatic carbocycles. The van der Waals surface area contributed by atoms with Crippen molar-refractivity contribution in [3.63, 3.8) is 0 Å². The highest BCUT2D eigenvalue weighted by atomic mass is 16.6. The van der Waals surface area contributed by atoms with Crippen molar-refractivity contribution in [3.05, 3.63) is 42.2 Å². The number of hydrogen-bond acceptors (Lipinski definition) is 5. The van der Waals surface area contributed by atoms with E-state index in [1.165, 1.54) is 44.1 Å². The van der Waals surface area contributed by atoms with Crippen molar-refractivity contribution < 1.29 is 14.3 Å². The SMILES string of the molecule is CCCCCCCCc1cnc(-c2ccc(OC[C@@H]3C[C@H](CCC)C(=O)O3)cc2)nc1. The molecule has 1 saturated heterocycles. The molecule has 31 heavy (non-hydrogen) atoms. The first-order valence-corrected chi connectivity index (χ1v) is 11.9. The summed E-state index contributed by atoms with van der Waals surface area (Å²) >= 11 is 0. The predicted octanol–water partition coefficient (Wildman–Crippen LogP) is 6.16. The van der Waals surface area contributed by atoms with Crippen molar-refractivity contribution in [2.45, 2.75) is 84.2 Å². The van der Waals surface area contributed by atoms with Crippen LogP contribution in [0.15, 0.2) is 36.7 Å². The molecule has 168 valence electrons. The molecule has 1 aliphatic rings. The van der Waals surface area contributed by atoms with E-state index in [0.29, 0.717) is 6.61 Å². The van der Waals surface area contributed by atoms with Crippen molar-refractivity contribution in [2.24, 2.45) is 5.92 Å². The number of benzene rings is 1. The van der Waals surface area contributed by atoms with Crippen LogP contribution in [0.25, 0.3) is 11.4 Å². The summed E-state index contributed by atoms with van der Waals surface area (Å²) in [6, 6.07) is 7.78. The second-order valence-electron chi connectivity index (χ2n) is 8.55. The molecule has 2 heterocycles. The van der Waals surface area contributed by atoms with Crippen LogP contribution in [0, 0.1) is 5.92 Å². The highest BCUT2D eigenvalue weighted by Gasteiger charge is 2.33. The summed E-state index contributed by atoms with van der Waals surface area (Å²) in [5.41, 5.74) is 2.17. The first-order valence-electron chi connectivity index (χ1n) is 11.9. The molecule has 2 atom stereocenters. The highest BCUT2D eigenvalue weighted by Crippen LogP contribution is 2.26. The van der Waals surface area contributed by atoms with Gasteiger partial charge in [0.25, 0.3) is 0 Å². The summed E-state index contributed by atoms with van der Waals surface area (Å²) in [4.78, 5) is 20.9. The lowest BCUT2D eigenvalue weighted by molar-refractivity contribution is -0.145. The minimum absolute atomic E-state index is 0.0298. The Labute approximate surface area is 186 Å². The van der Waals surface area contributed by atoms with Crippen LogP contribution in [0.3, 0.4) is 0 Å². The van der Waals surface area contributed by atoms with Crippen LogP contribution in [0.2, 0.25) is 0 Å². The average Bonchev–Trinajstić information content (AvgIpc) is 3.15. The van der Waals surface area contributed by atoms with Crippen LogP contribution >= 0.6 is 0 Å². The molecular formula is C26H36N2O3. The van der Waals surface area contributed by atoms with Gasteiger partial charge in [-0.15, -0.1) is 0 Å². The molecule has 1 fully saturated rings. The van der Waals surface area contributed by atoms with E-state index in [1.807, 2.05) is 36.7 Å². The van der Waals surface area contributed by atoms with E-state index in [4.69, 9.17) is 9.47 Å². The molecule has 0 unspecified atom stereocenters. The zero-order valence-corrected chi connectivity index (χ0v) is 19.0. The number of ether oxygens (including phenoxy) is 2. The molecule has 0 aliphatic carbocycles. The monoisotopic (exact) mass is 424 g/mol. The summed E-state index contributed by atoms with van der Waals surface area (Å²) in [6.45, 7) is 4.73. The van der Waals surface area contributed by atoms with Gasteiger partial charge in [-0.05, 0) is 49.1 Å². The second-order valence-corrected chi connectivity index (χ2v) is 8.55. The number of aryl methyl sites for hydroxylation is 1. The van der Waals surface area contributed by atoms with Gasteiger partial charge in [0.2, 0.25) is 0 Å². The Hall–Kier alpha value is -2.43. The highest BCUT2D eigenvalue weighted by molar-refractivity contribution is 5.74. The third-order valence-corrected chi connectivity index (χ3v) is 5.87. The molecular weight excluding hydrogens is 388 g/mol. The normalized spacial score (nSPS) is 18.2. The van der Waals surface area contributed by atoms with E-state index in [0.717, 1.165) is 42.8 Å². The number of carbonyl (C=O) groups is 1. The fraction of sp³-hybridized carbons (Fsp3) is 0.577. The van der Waals surface area contributed by atoms with Crippen LogP contribution in [-0.4, -0.2) is 28.6 Å². The molecule has 1 aromatic heterocycles. The number of rotatable bonds is 13. The minimum atomic E-state index is -0.147. The lowest BCUT2D eigenvalue weighted by atomic mass is 10.0. The Morgan fingerprint density at radius 3 is 2.39 bits per heavy atom. The first kappa shape index (κ1) is 23.2. The van der Waals surface area contributed by atoms with Crippen LogP contribution in [0.1, 0.15) is 77.2 Å². The molecule has 2 aromatic rings. The Morgan fingerprint density at radius 2 is 1.68 bits per heavy atom. The van der Waals surface area contributed by atoms with E-state index >= 15 is 0 Å². The summed E-state index contributed by atoms with van der Waals surface area (Å²) in [6.07, 6.45) is 15.2. The number of aromatic nitrogens is 2. The molecule has 0 bridgehead atoms. The van der Waals surface area contributed by atoms with E-state index in [-0.39, 0.29) is 18.0 Å². The van der Waals surface area contributed by atoms with Gasteiger partial charge in [0.15, 0.2) is 5.82 Å². The molecule has 0 amide bonds. The van der Waals surface area contributed by atoms with Gasteiger partial charge in [0.1, 0.15) is 18.5 Å². The van der Waals surface area contributed by atoms with Gasteiger partial charge in [-0.1, -0.05) is 52.4 Å². The fourth-order valence-electron chi connectivity index (χ4n) is 4.04. The first-order chi connectivity index (χ1) is 15.2. The van der Waals surface area contributed by atoms with E-state index in [1.54, 1.807) is 0 Å². The Morgan fingerprint density at radius 1 is 0.968 bits per heavy atom. The van der Waals surface area contributed by atoms with Gasteiger partial charge in [0, 0.05) is 24.4 Å². The van der Waals surface area contributed by atoms with Gasteiger partial charge in [-0.3, -0.25) is 4.79 Å². The summed E-state index contributed by atoms with van der Waals surface area (Å²) < 4.78 is 11.3. The van der Waals surface area contributed by atoms with Gasteiger partial charge in [0.05, 0.1) is 5.92 Å². The smallest absolute Gasteiger partial charge is 0.309 e. The second kappa shape index (κ2) is 12.4. The Kier molecular flexibility index (Phi) is 9.32. The third-order valence-electron chi connectivity index (χ3n) is 5.87. The molecule has 5 heteroatoms. The summed E-state index contributed by atoms with van der Waals surface area (Å²) in [5.74, 6) is 1.44. The number of unbranched alkanes of at least 4 members (excludes halogenated alkanes) is 5. The summed E-state index contributed by atoms with van der Waals surface area (Å²) in [5, 5.41) is 0. The maximum Gasteiger partial charge on any atom is 0.309 e. The molecule has 5 nitrogen and oxygen atoms in total. The van der Waals surface area contributed by atoms with Crippen molar-refractivity contribution >= 4 is 5.97 Å². The quantitative estimate of drug-likeness (QED) is 0.285. The Bertz CT molecular complexity index is 789.